The van der Waals surface area contributed by atoms with E-state index in [9.17, 15) is 0 Å². The molecule has 0 aliphatic carbocycles. The molecule has 1 N–H and O–H groups in total. The van der Waals surface area contributed by atoms with Gasteiger partial charge in [0.2, 0.25) is 0 Å². The SMILES string of the molecule is COc1ccccc1CCNC(=S)N1CCN(c2ccccc2)CC1. The normalized spacial score (nSPS) is 14.3. The Morgan fingerprint density at radius 3 is 2.40 bits per heavy atom. The van der Waals surface area contributed by atoms with Crippen LogP contribution in [0, 0.1) is 0 Å². The maximum atomic E-state index is 5.57. The van der Waals surface area contributed by atoms with Crippen LogP contribution in [0.1, 0.15) is 5.56 Å². The molecule has 2 aromatic carbocycles. The van der Waals surface area contributed by atoms with Crippen molar-refractivity contribution in [3.05, 3.63) is 60.2 Å². The number of methoxy groups -OCH3 is 1. The first-order chi connectivity index (χ1) is 12.3. The molecule has 0 bridgehead atoms. The van der Waals surface area contributed by atoms with Crippen LogP contribution >= 0.6 is 12.2 Å². The van der Waals surface area contributed by atoms with Gasteiger partial charge in [-0.1, -0.05) is 36.4 Å². The minimum Gasteiger partial charge on any atom is -0.496 e. The Kier molecular flexibility index (Phi) is 6.12. The molecule has 1 fully saturated rings. The van der Waals surface area contributed by atoms with Crippen molar-refractivity contribution in [1.29, 1.82) is 0 Å². The van der Waals surface area contributed by atoms with E-state index in [0.717, 1.165) is 50.0 Å². The van der Waals surface area contributed by atoms with Gasteiger partial charge in [-0.05, 0) is 42.4 Å². The summed E-state index contributed by atoms with van der Waals surface area (Å²) in [6.45, 7) is 4.72. The van der Waals surface area contributed by atoms with Gasteiger partial charge in [0.15, 0.2) is 5.11 Å². The zero-order chi connectivity index (χ0) is 17.5. The second-order valence-corrected chi connectivity index (χ2v) is 6.49. The lowest BCUT2D eigenvalue weighted by Gasteiger charge is -2.37. The lowest BCUT2D eigenvalue weighted by Crippen LogP contribution is -2.52. The summed E-state index contributed by atoms with van der Waals surface area (Å²) < 4.78 is 5.40. The van der Waals surface area contributed by atoms with Crippen LogP contribution in [-0.4, -0.2) is 49.8 Å². The van der Waals surface area contributed by atoms with Crippen molar-refractivity contribution in [2.45, 2.75) is 6.42 Å². The minimum absolute atomic E-state index is 0.818. The number of piperazine rings is 1. The standard InChI is InChI=1S/C20H25N3OS/c1-24-19-10-6-5-7-17(19)11-12-21-20(25)23-15-13-22(14-16-23)18-8-3-2-4-9-18/h2-10H,11-16H2,1H3,(H,21,25). The number of rotatable bonds is 5. The molecule has 2 aromatic rings. The lowest BCUT2D eigenvalue weighted by atomic mass is 10.1. The zero-order valence-corrected chi connectivity index (χ0v) is 15.5. The van der Waals surface area contributed by atoms with E-state index in [2.05, 4.69) is 51.5 Å². The molecule has 1 saturated heterocycles. The number of ether oxygens (including phenoxy) is 1. The first-order valence-electron chi connectivity index (χ1n) is 8.72. The van der Waals surface area contributed by atoms with Gasteiger partial charge in [-0.15, -0.1) is 0 Å². The molecule has 0 unspecified atom stereocenters. The Hall–Kier alpha value is -2.27. The highest BCUT2D eigenvalue weighted by Crippen LogP contribution is 2.18. The molecule has 0 aromatic heterocycles. The average Bonchev–Trinajstić information content (AvgIpc) is 2.69. The molecule has 3 rings (SSSR count). The Labute approximate surface area is 155 Å². The van der Waals surface area contributed by atoms with Crippen molar-refractivity contribution in [2.24, 2.45) is 0 Å². The van der Waals surface area contributed by atoms with Crippen molar-refractivity contribution in [2.75, 3.05) is 44.7 Å². The number of thiocarbonyl (C=S) groups is 1. The van der Waals surface area contributed by atoms with Crippen molar-refractivity contribution >= 4 is 23.0 Å². The summed E-state index contributed by atoms with van der Waals surface area (Å²) in [6.07, 6.45) is 0.897. The van der Waals surface area contributed by atoms with E-state index in [0.29, 0.717) is 0 Å². The Bertz CT molecular complexity index is 684. The summed E-state index contributed by atoms with van der Waals surface area (Å²) in [5.41, 5.74) is 2.49. The predicted octanol–water partition coefficient (Wildman–Crippen LogP) is 2.93. The molecule has 4 nitrogen and oxygen atoms in total. The van der Waals surface area contributed by atoms with E-state index in [1.54, 1.807) is 7.11 Å². The summed E-state index contributed by atoms with van der Waals surface area (Å²) in [7, 11) is 1.71. The second kappa shape index (κ2) is 8.72. The number of nitrogens with one attached hydrogen (secondary N) is 1. The van der Waals surface area contributed by atoms with Gasteiger partial charge in [0.1, 0.15) is 5.75 Å². The summed E-state index contributed by atoms with van der Waals surface area (Å²) in [5, 5.41) is 4.24. The number of anilines is 1. The van der Waals surface area contributed by atoms with Gasteiger partial charge >= 0.3 is 0 Å². The van der Waals surface area contributed by atoms with Crippen LogP contribution in [0.15, 0.2) is 54.6 Å². The van der Waals surface area contributed by atoms with Gasteiger partial charge in [0, 0.05) is 38.4 Å². The van der Waals surface area contributed by atoms with Gasteiger partial charge in [0.05, 0.1) is 7.11 Å². The van der Waals surface area contributed by atoms with Crippen molar-refractivity contribution in [3.63, 3.8) is 0 Å². The number of hydrogen-bond acceptors (Lipinski definition) is 3. The van der Waals surface area contributed by atoms with E-state index < -0.39 is 0 Å². The van der Waals surface area contributed by atoms with E-state index in [1.807, 2.05) is 18.2 Å². The van der Waals surface area contributed by atoms with Crippen molar-refractivity contribution < 1.29 is 4.74 Å². The van der Waals surface area contributed by atoms with Gasteiger partial charge in [-0.25, -0.2) is 0 Å². The molecule has 5 heteroatoms. The molecule has 0 saturated carbocycles. The molecule has 25 heavy (non-hydrogen) atoms. The largest absolute Gasteiger partial charge is 0.496 e. The minimum atomic E-state index is 0.818. The van der Waals surface area contributed by atoms with Crippen molar-refractivity contribution in [3.8, 4) is 5.75 Å². The third kappa shape index (κ3) is 4.63. The van der Waals surface area contributed by atoms with Crippen LogP contribution in [-0.2, 0) is 6.42 Å². The molecule has 132 valence electrons. The van der Waals surface area contributed by atoms with Gasteiger partial charge in [0.25, 0.3) is 0 Å². The van der Waals surface area contributed by atoms with Crippen molar-refractivity contribution in [1.82, 2.24) is 10.2 Å². The van der Waals surface area contributed by atoms with Crippen LogP contribution in [0.2, 0.25) is 0 Å². The third-order valence-electron chi connectivity index (χ3n) is 4.55. The van der Waals surface area contributed by atoms with Gasteiger partial charge in [-0.3, -0.25) is 0 Å². The predicted molar refractivity (Wildman–Crippen MR) is 108 cm³/mol. The zero-order valence-electron chi connectivity index (χ0n) is 14.6. The number of para-hydroxylation sites is 2. The molecule has 1 heterocycles. The molecule has 1 aliphatic rings. The summed E-state index contributed by atoms with van der Waals surface area (Å²) in [4.78, 5) is 4.67. The van der Waals surface area contributed by atoms with Crippen LogP contribution in [0.4, 0.5) is 5.69 Å². The maximum absolute atomic E-state index is 5.57. The summed E-state index contributed by atoms with van der Waals surface area (Å²) >= 11 is 5.57. The summed E-state index contributed by atoms with van der Waals surface area (Å²) in [6, 6.07) is 18.7. The summed E-state index contributed by atoms with van der Waals surface area (Å²) in [5.74, 6) is 0.937. The fraction of sp³-hybridized carbons (Fsp3) is 0.350. The van der Waals surface area contributed by atoms with E-state index >= 15 is 0 Å². The average molecular weight is 356 g/mol. The smallest absolute Gasteiger partial charge is 0.169 e. The number of benzene rings is 2. The number of hydrogen-bond donors (Lipinski definition) is 1. The highest BCUT2D eigenvalue weighted by atomic mass is 32.1. The quantitative estimate of drug-likeness (QED) is 0.833. The first kappa shape index (κ1) is 17.5. The van der Waals surface area contributed by atoms with Crippen LogP contribution in [0.5, 0.6) is 5.75 Å². The molecular weight excluding hydrogens is 330 g/mol. The van der Waals surface area contributed by atoms with Crippen LogP contribution < -0.4 is 15.0 Å². The topological polar surface area (TPSA) is 27.7 Å². The molecule has 1 aliphatic heterocycles. The van der Waals surface area contributed by atoms with Gasteiger partial charge < -0.3 is 19.9 Å². The highest BCUT2D eigenvalue weighted by molar-refractivity contribution is 7.80. The molecular formula is C20H25N3OS. The molecule has 0 atom stereocenters. The van der Waals surface area contributed by atoms with E-state index in [4.69, 9.17) is 17.0 Å². The fourth-order valence-electron chi connectivity index (χ4n) is 3.13. The van der Waals surface area contributed by atoms with E-state index in [1.165, 1.54) is 11.3 Å². The second-order valence-electron chi connectivity index (χ2n) is 6.10. The maximum Gasteiger partial charge on any atom is 0.169 e. The first-order valence-corrected chi connectivity index (χ1v) is 9.13. The van der Waals surface area contributed by atoms with Crippen LogP contribution in [0.3, 0.4) is 0 Å². The molecule has 0 radical (unpaired) electrons. The Balaban J connectivity index is 1.44. The lowest BCUT2D eigenvalue weighted by molar-refractivity contribution is 0.380. The van der Waals surface area contributed by atoms with Gasteiger partial charge in [-0.2, -0.15) is 0 Å². The highest BCUT2D eigenvalue weighted by Gasteiger charge is 2.18. The number of nitrogens with zero attached hydrogens (tertiary/aromatic N) is 2. The van der Waals surface area contributed by atoms with Crippen LogP contribution in [0.25, 0.3) is 0 Å². The Morgan fingerprint density at radius 2 is 1.68 bits per heavy atom. The third-order valence-corrected chi connectivity index (χ3v) is 4.95. The molecule has 0 amide bonds. The fourth-order valence-corrected chi connectivity index (χ4v) is 3.42. The molecule has 0 spiro atoms. The van der Waals surface area contributed by atoms with E-state index in [-0.39, 0.29) is 0 Å². The Morgan fingerprint density at radius 1 is 1.00 bits per heavy atom. The monoisotopic (exact) mass is 355 g/mol.